The van der Waals surface area contributed by atoms with E-state index in [0.717, 1.165) is 0 Å². The molecule has 1 unspecified atom stereocenters. The lowest BCUT2D eigenvalue weighted by Crippen LogP contribution is -2.44. The second-order valence-electron chi connectivity index (χ2n) is 5.33. The van der Waals surface area contributed by atoms with Crippen LogP contribution < -0.4 is 0 Å². The number of aromatic nitrogens is 3. The Morgan fingerprint density at radius 1 is 1.45 bits per heavy atom. The molecule has 1 fully saturated rings. The number of hydrogen-bond donors (Lipinski definition) is 1. The molecular weight excluding hydrogens is 273 g/mol. The van der Waals surface area contributed by atoms with Gasteiger partial charge in [-0.15, -0.1) is 5.10 Å². The Bertz CT molecular complexity index is 483. The second-order valence-corrected chi connectivity index (χ2v) is 5.33. The summed E-state index contributed by atoms with van der Waals surface area (Å²) >= 11 is 0. The summed E-state index contributed by atoms with van der Waals surface area (Å²) in [4.78, 5) is 17.3. The molecular formula is C12H17F3N4O. The van der Waals surface area contributed by atoms with Crippen LogP contribution in [0.3, 0.4) is 0 Å². The van der Waals surface area contributed by atoms with Gasteiger partial charge in [0.05, 0.1) is 5.92 Å². The van der Waals surface area contributed by atoms with Crippen LogP contribution in [0.25, 0.3) is 0 Å². The Labute approximate surface area is 114 Å². The molecule has 2 heterocycles. The van der Waals surface area contributed by atoms with Crippen molar-refractivity contribution in [3.8, 4) is 0 Å². The lowest BCUT2D eigenvalue weighted by atomic mass is 9.97. The molecule has 5 nitrogen and oxygen atoms in total. The minimum Gasteiger partial charge on any atom is -0.335 e. The first-order valence-corrected chi connectivity index (χ1v) is 6.57. The van der Waals surface area contributed by atoms with Crippen molar-refractivity contribution in [2.75, 3.05) is 13.1 Å². The van der Waals surface area contributed by atoms with Crippen LogP contribution in [0.15, 0.2) is 0 Å². The maximum atomic E-state index is 12.7. The maximum Gasteiger partial charge on any atom is 0.393 e. The lowest BCUT2D eigenvalue weighted by Gasteiger charge is -2.33. The molecule has 20 heavy (non-hydrogen) atoms. The largest absolute Gasteiger partial charge is 0.393 e. The van der Waals surface area contributed by atoms with E-state index >= 15 is 0 Å². The van der Waals surface area contributed by atoms with Crippen LogP contribution in [0.2, 0.25) is 0 Å². The molecule has 0 radical (unpaired) electrons. The van der Waals surface area contributed by atoms with E-state index < -0.39 is 18.0 Å². The summed E-state index contributed by atoms with van der Waals surface area (Å²) in [6, 6.07) is 0. The molecule has 8 heteroatoms. The third-order valence-corrected chi connectivity index (χ3v) is 3.41. The van der Waals surface area contributed by atoms with Gasteiger partial charge in [-0.25, -0.2) is 4.98 Å². The Morgan fingerprint density at radius 3 is 2.70 bits per heavy atom. The van der Waals surface area contributed by atoms with Gasteiger partial charge in [-0.3, -0.25) is 9.89 Å². The number of nitrogens with zero attached hydrogens (tertiary/aromatic N) is 3. The molecule has 2 rings (SSSR count). The number of halogens is 3. The smallest absolute Gasteiger partial charge is 0.335 e. The molecule has 1 saturated heterocycles. The van der Waals surface area contributed by atoms with Gasteiger partial charge in [0, 0.05) is 19.0 Å². The number of aromatic amines is 1. The average Bonchev–Trinajstić information content (AvgIpc) is 2.87. The second kappa shape index (κ2) is 5.41. The molecule has 1 aromatic heterocycles. The predicted molar refractivity (Wildman–Crippen MR) is 65.2 cm³/mol. The summed E-state index contributed by atoms with van der Waals surface area (Å²) in [5.74, 6) is -1.42. The molecule has 0 bridgehead atoms. The van der Waals surface area contributed by atoms with Crippen molar-refractivity contribution in [2.24, 2.45) is 5.92 Å². The van der Waals surface area contributed by atoms with Crippen LogP contribution in [-0.2, 0) is 0 Å². The zero-order valence-electron chi connectivity index (χ0n) is 11.4. The molecule has 1 amide bonds. The molecule has 1 aliphatic heterocycles. The van der Waals surface area contributed by atoms with E-state index in [9.17, 15) is 18.0 Å². The van der Waals surface area contributed by atoms with Crippen molar-refractivity contribution in [2.45, 2.75) is 38.8 Å². The monoisotopic (exact) mass is 290 g/mol. The van der Waals surface area contributed by atoms with Crippen LogP contribution in [0.4, 0.5) is 13.2 Å². The summed E-state index contributed by atoms with van der Waals surface area (Å²) in [6.07, 6.45) is -3.85. The van der Waals surface area contributed by atoms with E-state index in [1.165, 1.54) is 4.90 Å². The molecule has 0 spiro atoms. The summed E-state index contributed by atoms with van der Waals surface area (Å²) in [5, 5.41) is 6.43. The number of piperidine rings is 1. The zero-order valence-corrected chi connectivity index (χ0v) is 11.4. The molecule has 1 aromatic rings. The fourth-order valence-corrected chi connectivity index (χ4v) is 2.20. The topological polar surface area (TPSA) is 61.9 Å². The summed E-state index contributed by atoms with van der Waals surface area (Å²) in [6.45, 7) is 3.77. The number of nitrogens with one attached hydrogen (secondary N) is 1. The Kier molecular flexibility index (Phi) is 4.01. The standard InChI is InChI=1S/C12H17F3N4O/c1-7(2)9-16-10(18-17-9)11(20)19-5-3-4-8(6-19)12(13,14)15/h7-8H,3-6H2,1-2H3,(H,16,17,18). The number of likely N-dealkylation sites (tertiary alicyclic amines) is 1. The quantitative estimate of drug-likeness (QED) is 0.909. The van der Waals surface area contributed by atoms with Gasteiger partial charge in [-0.05, 0) is 12.8 Å². The van der Waals surface area contributed by atoms with Gasteiger partial charge in [0.15, 0.2) is 0 Å². The number of carbonyl (C=O) groups is 1. The van der Waals surface area contributed by atoms with E-state index in [1.807, 2.05) is 13.8 Å². The SMILES string of the molecule is CC(C)c1nc(C(=O)N2CCCC(C(F)(F)F)C2)n[nH]1. The Hall–Kier alpha value is -1.60. The molecule has 0 saturated carbocycles. The Morgan fingerprint density at radius 2 is 2.15 bits per heavy atom. The highest BCUT2D eigenvalue weighted by Crippen LogP contribution is 2.33. The van der Waals surface area contributed by atoms with E-state index in [4.69, 9.17) is 0 Å². The Balaban J connectivity index is 2.08. The van der Waals surface area contributed by atoms with Gasteiger partial charge in [0.2, 0.25) is 5.82 Å². The van der Waals surface area contributed by atoms with Gasteiger partial charge in [0.25, 0.3) is 5.91 Å². The fourth-order valence-electron chi connectivity index (χ4n) is 2.20. The number of H-pyrrole nitrogens is 1. The van der Waals surface area contributed by atoms with Crippen LogP contribution in [-0.4, -0.2) is 45.3 Å². The first kappa shape index (κ1) is 14.8. The third-order valence-electron chi connectivity index (χ3n) is 3.41. The minimum absolute atomic E-state index is 0.0588. The molecule has 112 valence electrons. The highest BCUT2D eigenvalue weighted by Gasteiger charge is 2.43. The van der Waals surface area contributed by atoms with Crippen molar-refractivity contribution in [3.63, 3.8) is 0 Å². The highest BCUT2D eigenvalue weighted by molar-refractivity contribution is 5.90. The summed E-state index contributed by atoms with van der Waals surface area (Å²) < 4.78 is 38.1. The van der Waals surface area contributed by atoms with Crippen molar-refractivity contribution >= 4 is 5.91 Å². The molecule has 1 aliphatic rings. The van der Waals surface area contributed by atoms with E-state index in [2.05, 4.69) is 15.2 Å². The van der Waals surface area contributed by atoms with Crippen molar-refractivity contribution in [1.29, 1.82) is 0 Å². The van der Waals surface area contributed by atoms with Crippen molar-refractivity contribution in [1.82, 2.24) is 20.1 Å². The van der Waals surface area contributed by atoms with E-state index in [-0.39, 0.29) is 24.7 Å². The fraction of sp³-hybridized carbons (Fsp3) is 0.750. The zero-order chi connectivity index (χ0) is 14.9. The third kappa shape index (κ3) is 3.10. The molecule has 1 N–H and O–H groups in total. The first-order valence-electron chi connectivity index (χ1n) is 6.57. The summed E-state index contributed by atoms with van der Waals surface area (Å²) in [5.41, 5.74) is 0. The van der Waals surface area contributed by atoms with Crippen LogP contribution >= 0.6 is 0 Å². The van der Waals surface area contributed by atoms with Gasteiger partial charge in [0.1, 0.15) is 5.82 Å². The number of amides is 1. The van der Waals surface area contributed by atoms with Crippen molar-refractivity contribution in [3.05, 3.63) is 11.6 Å². The number of alkyl halides is 3. The van der Waals surface area contributed by atoms with Crippen LogP contribution in [0.1, 0.15) is 49.1 Å². The summed E-state index contributed by atoms with van der Waals surface area (Å²) in [7, 11) is 0. The molecule has 0 aliphatic carbocycles. The highest BCUT2D eigenvalue weighted by atomic mass is 19.4. The first-order chi connectivity index (χ1) is 9.29. The van der Waals surface area contributed by atoms with E-state index in [0.29, 0.717) is 18.8 Å². The van der Waals surface area contributed by atoms with Crippen molar-refractivity contribution < 1.29 is 18.0 Å². The molecule has 1 atom stereocenters. The number of carbonyl (C=O) groups excluding carboxylic acids is 1. The van der Waals surface area contributed by atoms with Gasteiger partial charge in [-0.2, -0.15) is 13.2 Å². The van der Waals surface area contributed by atoms with Crippen LogP contribution in [0, 0.1) is 5.92 Å². The number of rotatable bonds is 2. The van der Waals surface area contributed by atoms with Gasteiger partial charge < -0.3 is 4.90 Å². The van der Waals surface area contributed by atoms with Gasteiger partial charge in [-0.1, -0.05) is 13.8 Å². The van der Waals surface area contributed by atoms with Crippen LogP contribution in [0.5, 0.6) is 0 Å². The lowest BCUT2D eigenvalue weighted by molar-refractivity contribution is -0.184. The van der Waals surface area contributed by atoms with Gasteiger partial charge >= 0.3 is 6.18 Å². The van der Waals surface area contributed by atoms with E-state index in [1.54, 1.807) is 0 Å². The molecule has 0 aromatic carbocycles. The predicted octanol–water partition coefficient (Wildman–Crippen LogP) is 2.34. The normalized spacial score (nSPS) is 20.5. The average molecular weight is 290 g/mol. The maximum absolute atomic E-state index is 12.7. The number of hydrogen-bond acceptors (Lipinski definition) is 3. The minimum atomic E-state index is -4.26.